The molecule has 0 saturated heterocycles. The number of rotatable bonds is 4. The highest BCUT2D eigenvalue weighted by Gasteiger charge is 2.43. The molecule has 0 spiro atoms. The van der Waals surface area contributed by atoms with E-state index in [4.69, 9.17) is 28.9 Å². The molecule has 22 heavy (non-hydrogen) atoms. The zero-order valence-electron chi connectivity index (χ0n) is 12.1. The number of anilines is 2. The highest BCUT2D eigenvalue weighted by molar-refractivity contribution is 6.45. The van der Waals surface area contributed by atoms with E-state index in [9.17, 15) is 5.11 Å². The van der Waals surface area contributed by atoms with Crippen LogP contribution in [0, 0.1) is 0 Å². The molecule has 0 radical (unpaired) electrons. The van der Waals surface area contributed by atoms with Gasteiger partial charge in [0.05, 0.1) is 34.7 Å². The number of halogens is 2. The minimum Gasteiger partial charge on any atom is -0.396 e. The van der Waals surface area contributed by atoms with E-state index in [1.54, 1.807) is 6.20 Å². The first-order valence-corrected chi connectivity index (χ1v) is 8.29. The quantitative estimate of drug-likeness (QED) is 0.742. The van der Waals surface area contributed by atoms with Crippen LogP contribution in [0.15, 0.2) is 30.5 Å². The Kier molecular flexibility index (Phi) is 4.35. The molecule has 1 aromatic heterocycles. The topological polar surface area (TPSA) is 71.2 Å². The highest BCUT2D eigenvalue weighted by atomic mass is 35.5. The SMILES string of the molecule is Nc1cnc2ccccc2c1NC(C(Cl)Cl)C1(O)CCCC1. The number of nitrogens with two attached hydrogens (primary N) is 1. The van der Waals surface area contributed by atoms with E-state index in [0.29, 0.717) is 18.5 Å². The largest absolute Gasteiger partial charge is 0.396 e. The van der Waals surface area contributed by atoms with Gasteiger partial charge >= 0.3 is 0 Å². The molecular formula is C16H19Cl2N3O. The third-order valence-electron chi connectivity index (χ3n) is 4.40. The number of hydrogen-bond acceptors (Lipinski definition) is 4. The van der Waals surface area contributed by atoms with Gasteiger partial charge in [-0.1, -0.05) is 31.0 Å². The Bertz CT molecular complexity index is 671. The zero-order valence-corrected chi connectivity index (χ0v) is 13.6. The Morgan fingerprint density at radius 3 is 2.59 bits per heavy atom. The van der Waals surface area contributed by atoms with Crippen LogP contribution in [0.1, 0.15) is 25.7 Å². The van der Waals surface area contributed by atoms with E-state index in [-0.39, 0.29) is 0 Å². The summed E-state index contributed by atoms with van der Waals surface area (Å²) in [6.07, 6.45) is 4.93. The molecule has 1 heterocycles. The van der Waals surface area contributed by atoms with Gasteiger partial charge in [-0.2, -0.15) is 0 Å². The van der Waals surface area contributed by atoms with Gasteiger partial charge in [-0.3, -0.25) is 4.98 Å². The van der Waals surface area contributed by atoms with Crippen molar-refractivity contribution in [3.63, 3.8) is 0 Å². The summed E-state index contributed by atoms with van der Waals surface area (Å²) in [7, 11) is 0. The fraction of sp³-hybridized carbons (Fsp3) is 0.438. The Morgan fingerprint density at radius 2 is 1.91 bits per heavy atom. The molecule has 1 aliphatic carbocycles. The maximum Gasteiger partial charge on any atom is 0.130 e. The lowest BCUT2D eigenvalue weighted by Crippen LogP contribution is -2.49. The van der Waals surface area contributed by atoms with Crippen LogP contribution in [-0.2, 0) is 0 Å². The first-order chi connectivity index (χ1) is 10.5. The summed E-state index contributed by atoms with van der Waals surface area (Å²) in [5.74, 6) is 0. The maximum atomic E-state index is 10.9. The van der Waals surface area contributed by atoms with Crippen molar-refractivity contribution < 1.29 is 5.11 Å². The molecule has 1 aromatic carbocycles. The van der Waals surface area contributed by atoms with Gasteiger partial charge in [-0.15, -0.1) is 23.2 Å². The van der Waals surface area contributed by atoms with Crippen LogP contribution < -0.4 is 11.1 Å². The molecule has 1 aliphatic rings. The van der Waals surface area contributed by atoms with Gasteiger partial charge in [0.15, 0.2) is 0 Å². The lowest BCUT2D eigenvalue weighted by atomic mass is 9.93. The molecule has 0 amide bonds. The van der Waals surface area contributed by atoms with Crippen LogP contribution in [-0.4, -0.2) is 26.6 Å². The molecule has 118 valence electrons. The average molecular weight is 340 g/mol. The summed E-state index contributed by atoms with van der Waals surface area (Å²) >= 11 is 12.3. The molecule has 1 saturated carbocycles. The minimum atomic E-state index is -0.912. The van der Waals surface area contributed by atoms with Crippen molar-refractivity contribution in [1.82, 2.24) is 4.98 Å². The van der Waals surface area contributed by atoms with E-state index < -0.39 is 16.5 Å². The molecule has 0 bridgehead atoms. The van der Waals surface area contributed by atoms with Crippen molar-refractivity contribution in [2.45, 2.75) is 42.2 Å². The Morgan fingerprint density at radius 1 is 1.23 bits per heavy atom. The van der Waals surface area contributed by atoms with E-state index in [0.717, 1.165) is 29.4 Å². The van der Waals surface area contributed by atoms with E-state index in [1.165, 1.54) is 0 Å². The average Bonchev–Trinajstić information content (AvgIpc) is 2.93. The Labute approximate surface area is 139 Å². The first kappa shape index (κ1) is 15.7. The minimum absolute atomic E-state index is 0.480. The summed E-state index contributed by atoms with van der Waals surface area (Å²) in [5, 5.41) is 15.0. The molecule has 4 N–H and O–H groups in total. The lowest BCUT2D eigenvalue weighted by molar-refractivity contribution is 0.0316. The molecule has 1 fully saturated rings. The van der Waals surface area contributed by atoms with Crippen molar-refractivity contribution in [1.29, 1.82) is 0 Å². The van der Waals surface area contributed by atoms with Crippen LogP contribution in [0.4, 0.5) is 11.4 Å². The highest BCUT2D eigenvalue weighted by Crippen LogP contribution is 2.39. The second-order valence-electron chi connectivity index (χ2n) is 5.87. The van der Waals surface area contributed by atoms with E-state index in [2.05, 4.69) is 10.3 Å². The summed E-state index contributed by atoms with van der Waals surface area (Å²) in [5.41, 5.74) is 7.24. The third-order valence-corrected chi connectivity index (χ3v) is 4.91. The zero-order chi connectivity index (χ0) is 15.7. The van der Waals surface area contributed by atoms with Crippen molar-refractivity contribution in [2.24, 2.45) is 0 Å². The number of alkyl halides is 2. The van der Waals surface area contributed by atoms with Crippen LogP contribution >= 0.6 is 23.2 Å². The molecule has 2 aromatic rings. The standard InChI is InChI=1S/C16H19Cl2N3O/c17-15(18)14(16(22)7-3-4-8-16)21-13-10-5-1-2-6-12(10)20-9-11(13)19/h1-2,5-6,9,14-15,22H,3-4,7-8,19H2,(H,20,21). The number of nitrogen functional groups attached to an aromatic ring is 1. The van der Waals surface area contributed by atoms with Crippen LogP contribution in [0.5, 0.6) is 0 Å². The predicted molar refractivity (Wildman–Crippen MR) is 92.5 cm³/mol. The predicted octanol–water partition coefficient (Wildman–Crippen LogP) is 3.71. The fourth-order valence-electron chi connectivity index (χ4n) is 3.20. The number of aromatic nitrogens is 1. The number of fused-ring (bicyclic) bond motifs is 1. The maximum absolute atomic E-state index is 10.9. The first-order valence-electron chi connectivity index (χ1n) is 7.41. The van der Waals surface area contributed by atoms with Gasteiger partial charge in [-0.25, -0.2) is 0 Å². The van der Waals surface area contributed by atoms with E-state index in [1.807, 2.05) is 24.3 Å². The molecule has 1 atom stereocenters. The molecule has 4 nitrogen and oxygen atoms in total. The van der Waals surface area contributed by atoms with Gasteiger partial charge in [-0.05, 0) is 18.9 Å². The second kappa shape index (κ2) is 6.11. The van der Waals surface area contributed by atoms with Crippen molar-refractivity contribution >= 4 is 45.5 Å². The van der Waals surface area contributed by atoms with Crippen molar-refractivity contribution in [2.75, 3.05) is 11.1 Å². The molecule has 6 heteroatoms. The van der Waals surface area contributed by atoms with Gasteiger partial charge < -0.3 is 16.2 Å². The second-order valence-corrected chi connectivity index (χ2v) is 7.04. The lowest BCUT2D eigenvalue weighted by Gasteiger charge is -2.35. The van der Waals surface area contributed by atoms with Crippen LogP contribution in [0.3, 0.4) is 0 Å². The number of benzene rings is 1. The number of pyridine rings is 1. The molecule has 3 rings (SSSR count). The smallest absolute Gasteiger partial charge is 0.130 e. The van der Waals surface area contributed by atoms with E-state index >= 15 is 0 Å². The van der Waals surface area contributed by atoms with Gasteiger partial charge in [0, 0.05) is 5.39 Å². The van der Waals surface area contributed by atoms with Gasteiger partial charge in [0.2, 0.25) is 0 Å². The van der Waals surface area contributed by atoms with Crippen molar-refractivity contribution in [3.8, 4) is 0 Å². The van der Waals surface area contributed by atoms with Gasteiger partial charge in [0.25, 0.3) is 0 Å². The van der Waals surface area contributed by atoms with Crippen LogP contribution in [0.25, 0.3) is 10.9 Å². The number of hydrogen-bond donors (Lipinski definition) is 3. The fourth-order valence-corrected chi connectivity index (χ4v) is 3.80. The Hall–Kier alpha value is -1.23. The molecular weight excluding hydrogens is 321 g/mol. The molecule has 0 aliphatic heterocycles. The normalized spacial score (nSPS) is 18.7. The summed E-state index contributed by atoms with van der Waals surface area (Å²) in [6, 6.07) is 7.22. The Balaban J connectivity index is 2.01. The van der Waals surface area contributed by atoms with Crippen LogP contribution in [0.2, 0.25) is 0 Å². The van der Waals surface area contributed by atoms with Gasteiger partial charge in [0.1, 0.15) is 4.84 Å². The summed E-state index contributed by atoms with van der Waals surface area (Å²) in [6.45, 7) is 0. The number of para-hydroxylation sites is 1. The number of aliphatic hydroxyl groups is 1. The monoisotopic (exact) mass is 339 g/mol. The third kappa shape index (κ3) is 2.83. The molecule has 1 unspecified atom stereocenters. The number of nitrogens with one attached hydrogen (secondary N) is 1. The summed E-state index contributed by atoms with van der Waals surface area (Å²) < 4.78 is 0. The van der Waals surface area contributed by atoms with Crippen molar-refractivity contribution in [3.05, 3.63) is 30.5 Å². The summed E-state index contributed by atoms with van der Waals surface area (Å²) in [4.78, 5) is 3.57. The number of nitrogens with zero attached hydrogens (tertiary/aromatic N) is 1.